The van der Waals surface area contributed by atoms with E-state index in [9.17, 15) is 35.1 Å². The molecule has 0 bridgehead atoms. The maximum atomic E-state index is 13.5. The van der Waals surface area contributed by atoms with Gasteiger partial charge < -0.3 is 45.1 Å². The Morgan fingerprint density at radius 3 is 1.08 bits per heavy atom. The molecule has 0 spiro atoms. The zero-order valence-electron chi connectivity index (χ0n) is 57.7. The molecule has 8 atom stereocenters. The molecule has 0 saturated carbocycles. The molecule has 516 valence electrons. The summed E-state index contributed by atoms with van der Waals surface area (Å²) in [5, 5.41) is 57.4. The average Bonchev–Trinajstić information content (AvgIpc) is 2.35. The van der Waals surface area contributed by atoms with E-state index in [1.165, 1.54) is 295 Å². The molecule has 1 heterocycles. The van der Waals surface area contributed by atoms with Crippen LogP contribution in [0.2, 0.25) is 0 Å². The normalized spacial score (nSPS) is 18.2. The second kappa shape index (κ2) is 64.5. The molecule has 11 heteroatoms. The van der Waals surface area contributed by atoms with Crippen molar-refractivity contribution in [3.05, 3.63) is 12.2 Å². The van der Waals surface area contributed by atoms with Crippen molar-refractivity contribution >= 4 is 11.9 Å². The summed E-state index contributed by atoms with van der Waals surface area (Å²) in [6, 6.07) is -1.02. The van der Waals surface area contributed by atoms with Crippen molar-refractivity contribution in [1.29, 1.82) is 0 Å². The SMILES string of the molecule is CCCCCCCCCCCCC/C=C/C(O)C(COC1OC(CO)C(O)C(O)C1OC(=O)CCCCCCCCCCCCCCCCCCCCCCCCCCC)NC(=O)C(O)CCCCCCCCCCCCCCCCCCCCCC. The lowest BCUT2D eigenvalue weighted by atomic mass is 9.99. The Bertz CT molecular complexity index is 1470. The first-order valence-corrected chi connectivity index (χ1v) is 38.5. The summed E-state index contributed by atoms with van der Waals surface area (Å²) >= 11 is 0. The van der Waals surface area contributed by atoms with Gasteiger partial charge in [0.2, 0.25) is 5.91 Å². The van der Waals surface area contributed by atoms with Crippen molar-refractivity contribution in [1.82, 2.24) is 5.32 Å². The topological polar surface area (TPSA) is 175 Å². The Balaban J connectivity index is 2.52. The second-order valence-electron chi connectivity index (χ2n) is 27.1. The van der Waals surface area contributed by atoms with Gasteiger partial charge in [-0.3, -0.25) is 9.59 Å². The van der Waals surface area contributed by atoms with E-state index in [2.05, 4.69) is 26.1 Å². The monoisotopic (exact) mass is 1230 g/mol. The van der Waals surface area contributed by atoms with Gasteiger partial charge in [-0.05, 0) is 25.7 Å². The van der Waals surface area contributed by atoms with E-state index >= 15 is 0 Å². The maximum absolute atomic E-state index is 13.5. The van der Waals surface area contributed by atoms with E-state index < -0.39 is 67.4 Å². The lowest BCUT2D eigenvalue weighted by Gasteiger charge is -2.41. The van der Waals surface area contributed by atoms with Crippen LogP contribution in [-0.4, -0.2) is 99.6 Å². The summed E-state index contributed by atoms with van der Waals surface area (Å²) in [5.41, 5.74) is 0. The standard InChI is InChI=1S/C76H147NO10/c1-4-7-10-13-16-19-22-25-27-29-31-33-34-35-36-37-39-41-43-46-49-52-55-58-61-64-71(81)87-74-73(83)72(82)70(65-78)86-76(74)85-66-67(68(79)62-59-56-53-50-47-44-24-21-18-15-12-9-6-3)77-75(84)69(80)63-60-57-54-51-48-45-42-40-38-32-30-28-26-23-20-17-14-11-8-5-2/h59,62,67-70,72-74,76,78-80,82-83H,4-58,60-61,63-66H2,1-3H3,(H,77,84)/b62-59+. The van der Waals surface area contributed by atoms with Crippen LogP contribution in [0.4, 0.5) is 0 Å². The summed E-state index contributed by atoms with van der Waals surface area (Å²) in [6.45, 7) is 5.88. The van der Waals surface area contributed by atoms with E-state index in [-0.39, 0.29) is 13.0 Å². The number of aliphatic hydroxyl groups is 5. The zero-order chi connectivity index (χ0) is 63.1. The molecule has 1 fully saturated rings. The largest absolute Gasteiger partial charge is 0.454 e. The molecule has 6 N–H and O–H groups in total. The lowest BCUT2D eigenvalue weighted by molar-refractivity contribution is -0.305. The van der Waals surface area contributed by atoms with E-state index in [0.717, 1.165) is 57.8 Å². The molecular weight excluding hydrogens is 1090 g/mol. The second-order valence-corrected chi connectivity index (χ2v) is 27.1. The van der Waals surface area contributed by atoms with E-state index in [1.807, 2.05) is 6.08 Å². The highest BCUT2D eigenvalue weighted by atomic mass is 16.7. The van der Waals surface area contributed by atoms with Crippen molar-refractivity contribution in [2.24, 2.45) is 0 Å². The van der Waals surface area contributed by atoms with Gasteiger partial charge in [0.25, 0.3) is 0 Å². The predicted molar refractivity (Wildman–Crippen MR) is 366 cm³/mol. The molecular formula is C76H147NO10. The van der Waals surface area contributed by atoms with Crippen LogP contribution in [0.25, 0.3) is 0 Å². The van der Waals surface area contributed by atoms with Gasteiger partial charge in [-0.1, -0.05) is 380 Å². The number of amides is 1. The van der Waals surface area contributed by atoms with Crippen molar-refractivity contribution in [3.63, 3.8) is 0 Å². The summed E-state index contributed by atoms with van der Waals surface area (Å²) in [6.07, 6.45) is 66.9. The summed E-state index contributed by atoms with van der Waals surface area (Å²) in [4.78, 5) is 26.7. The number of aliphatic hydroxyl groups excluding tert-OH is 5. The smallest absolute Gasteiger partial charge is 0.306 e. The van der Waals surface area contributed by atoms with Crippen LogP contribution >= 0.6 is 0 Å². The van der Waals surface area contributed by atoms with Crippen LogP contribution in [0.5, 0.6) is 0 Å². The van der Waals surface area contributed by atoms with Gasteiger partial charge in [0.05, 0.1) is 25.4 Å². The first-order chi connectivity index (χ1) is 42.7. The van der Waals surface area contributed by atoms with Gasteiger partial charge in [0.1, 0.15) is 24.4 Å². The number of unbranched alkanes of at least 4 members (excludes halogenated alkanes) is 54. The molecule has 1 rings (SSSR count). The van der Waals surface area contributed by atoms with Crippen molar-refractivity contribution < 1.29 is 49.3 Å². The molecule has 0 radical (unpaired) electrons. The van der Waals surface area contributed by atoms with Gasteiger partial charge >= 0.3 is 5.97 Å². The molecule has 0 aliphatic carbocycles. The fourth-order valence-electron chi connectivity index (χ4n) is 12.7. The highest BCUT2D eigenvalue weighted by Crippen LogP contribution is 2.27. The summed E-state index contributed by atoms with van der Waals surface area (Å²) in [7, 11) is 0. The number of hydrogen-bond donors (Lipinski definition) is 6. The molecule has 1 aliphatic heterocycles. The van der Waals surface area contributed by atoms with E-state index in [0.29, 0.717) is 19.3 Å². The predicted octanol–water partition coefficient (Wildman–Crippen LogP) is 20.2. The van der Waals surface area contributed by atoms with Crippen LogP contribution in [0.3, 0.4) is 0 Å². The van der Waals surface area contributed by atoms with Gasteiger partial charge in [0, 0.05) is 6.42 Å². The Morgan fingerprint density at radius 2 is 0.747 bits per heavy atom. The fraction of sp³-hybridized carbons (Fsp3) is 0.947. The Hall–Kier alpha value is -1.60. The molecule has 11 nitrogen and oxygen atoms in total. The molecule has 0 aromatic heterocycles. The van der Waals surface area contributed by atoms with Crippen LogP contribution in [0.15, 0.2) is 12.2 Å². The summed E-state index contributed by atoms with van der Waals surface area (Å²) < 4.78 is 17.8. The number of ether oxygens (including phenoxy) is 3. The quantitative estimate of drug-likeness (QED) is 0.0195. The number of esters is 1. The van der Waals surface area contributed by atoms with Crippen molar-refractivity contribution in [2.45, 2.75) is 449 Å². The van der Waals surface area contributed by atoms with Crippen LogP contribution in [0, 0.1) is 0 Å². The third-order valence-corrected chi connectivity index (χ3v) is 18.7. The van der Waals surface area contributed by atoms with Gasteiger partial charge in [-0.2, -0.15) is 0 Å². The van der Waals surface area contributed by atoms with Gasteiger partial charge in [0.15, 0.2) is 12.4 Å². The van der Waals surface area contributed by atoms with Crippen LogP contribution in [-0.2, 0) is 23.8 Å². The number of nitrogens with one attached hydrogen (secondary N) is 1. The Kier molecular flexibility index (Phi) is 61.8. The Morgan fingerprint density at radius 1 is 0.437 bits per heavy atom. The highest BCUT2D eigenvalue weighted by Gasteiger charge is 2.47. The lowest BCUT2D eigenvalue weighted by Crippen LogP contribution is -2.61. The molecule has 0 aromatic carbocycles. The maximum Gasteiger partial charge on any atom is 0.306 e. The molecule has 1 saturated heterocycles. The molecule has 1 aliphatic rings. The first kappa shape index (κ1) is 83.4. The van der Waals surface area contributed by atoms with Gasteiger partial charge in [-0.25, -0.2) is 0 Å². The zero-order valence-corrected chi connectivity index (χ0v) is 57.7. The summed E-state index contributed by atoms with van der Waals surface area (Å²) in [5.74, 6) is -1.17. The number of rotatable bonds is 68. The molecule has 1 amide bonds. The minimum absolute atomic E-state index is 0.132. The molecule has 8 unspecified atom stereocenters. The van der Waals surface area contributed by atoms with E-state index in [1.54, 1.807) is 6.08 Å². The minimum Gasteiger partial charge on any atom is -0.454 e. The van der Waals surface area contributed by atoms with Crippen LogP contribution in [0.1, 0.15) is 400 Å². The number of carbonyl (C=O) groups excluding carboxylic acids is 2. The van der Waals surface area contributed by atoms with E-state index in [4.69, 9.17) is 14.2 Å². The Labute approximate surface area is 538 Å². The van der Waals surface area contributed by atoms with Crippen molar-refractivity contribution in [3.8, 4) is 0 Å². The number of allylic oxidation sites excluding steroid dienone is 1. The minimum atomic E-state index is -1.61. The van der Waals surface area contributed by atoms with Gasteiger partial charge in [-0.15, -0.1) is 0 Å². The number of carbonyl (C=O) groups is 2. The fourth-order valence-corrected chi connectivity index (χ4v) is 12.7. The molecule has 0 aromatic rings. The first-order valence-electron chi connectivity index (χ1n) is 38.5. The number of hydrogen-bond acceptors (Lipinski definition) is 10. The van der Waals surface area contributed by atoms with Crippen LogP contribution < -0.4 is 5.32 Å². The molecule has 87 heavy (non-hydrogen) atoms. The third kappa shape index (κ3) is 51.6. The third-order valence-electron chi connectivity index (χ3n) is 18.7. The van der Waals surface area contributed by atoms with Crippen molar-refractivity contribution in [2.75, 3.05) is 13.2 Å². The highest BCUT2D eigenvalue weighted by molar-refractivity contribution is 5.80. The average molecular weight is 1240 g/mol.